The first kappa shape index (κ1) is 18.4. The summed E-state index contributed by atoms with van der Waals surface area (Å²) in [5.41, 5.74) is 0.666. The molecule has 2 aromatic carbocycles. The van der Waals surface area contributed by atoms with Crippen LogP contribution in [0.2, 0.25) is 0 Å². The Kier molecular flexibility index (Phi) is 5.32. The van der Waals surface area contributed by atoms with Crippen LogP contribution in [0.25, 0.3) is 0 Å². The molecule has 0 aliphatic heterocycles. The molecule has 1 atom stereocenters. The molecule has 6 nitrogen and oxygen atoms in total. The minimum atomic E-state index is -3.69. The zero-order chi connectivity index (χ0) is 18.0. The number of sulfonamides is 1. The fourth-order valence-corrected chi connectivity index (χ4v) is 3.99. The Morgan fingerprint density at radius 2 is 1.38 bits per heavy atom. The fraction of sp³-hybridized carbons (Fsp3) is 0.250. The Labute approximate surface area is 142 Å². The molecule has 1 N–H and O–H groups in total. The summed E-state index contributed by atoms with van der Waals surface area (Å²) in [5, 5.41) is 0. The van der Waals surface area contributed by atoms with E-state index in [1.165, 1.54) is 31.4 Å². The Morgan fingerprint density at radius 3 is 1.83 bits per heavy atom. The molecule has 24 heavy (non-hydrogen) atoms. The Bertz CT molecular complexity index is 902. The lowest BCUT2D eigenvalue weighted by Crippen LogP contribution is -2.26. The number of benzene rings is 2. The fourth-order valence-electron chi connectivity index (χ4n) is 2.13. The number of sulfone groups is 1. The van der Waals surface area contributed by atoms with Crippen molar-refractivity contribution in [2.75, 3.05) is 13.4 Å². The van der Waals surface area contributed by atoms with Gasteiger partial charge in [0, 0.05) is 12.3 Å². The Balaban J connectivity index is 2.19. The van der Waals surface area contributed by atoms with Crippen LogP contribution in [0.3, 0.4) is 0 Å². The number of ether oxygens (including phenoxy) is 1. The van der Waals surface area contributed by atoms with Crippen molar-refractivity contribution in [2.24, 2.45) is 0 Å². The maximum atomic E-state index is 12.4. The van der Waals surface area contributed by atoms with Gasteiger partial charge in [-0.2, -0.15) is 0 Å². The van der Waals surface area contributed by atoms with Crippen LogP contribution in [-0.2, 0) is 19.9 Å². The molecule has 0 heterocycles. The third-order valence-electron chi connectivity index (χ3n) is 3.51. The van der Waals surface area contributed by atoms with Gasteiger partial charge < -0.3 is 4.74 Å². The third kappa shape index (κ3) is 4.34. The molecule has 0 aliphatic rings. The first-order valence-electron chi connectivity index (χ1n) is 7.10. The second-order valence-electron chi connectivity index (χ2n) is 5.36. The maximum Gasteiger partial charge on any atom is 0.241 e. The van der Waals surface area contributed by atoms with Crippen LogP contribution in [-0.4, -0.2) is 30.2 Å². The molecule has 2 aromatic rings. The summed E-state index contributed by atoms with van der Waals surface area (Å²) in [6.07, 6.45) is 1.12. The predicted octanol–water partition coefficient (Wildman–Crippen LogP) is 2.14. The topological polar surface area (TPSA) is 89.5 Å². The van der Waals surface area contributed by atoms with Gasteiger partial charge in [0.15, 0.2) is 9.84 Å². The van der Waals surface area contributed by atoms with Gasteiger partial charge in [0.05, 0.1) is 16.9 Å². The Morgan fingerprint density at radius 1 is 0.875 bits per heavy atom. The van der Waals surface area contributed by atoms with E-state index in [2.05, 4.69) is 4.72 Å². The van der Waals surface area contributed by atoms with Crippen molar-refractivity contribution in [3.8, 4) is 5.75 Å². The lowest BCUT2D eigenvalue weighted by Gasteiger charge is -2.15. The van der Waals surface area contributed by atoms with E-state index in [0.717, 1.165) is 6.26 Å². The molecule has 0 spiro atoms. The number of hydrogen-bond donors (Lipinski definition) is 1. The van der Waals surface area contributed by atoms with Gasteiger partial charge in [-0.1, -0.05) is 12.1 Å². The van der Waals surface area contributed by atoms with E-state index in [9.17, 15) is 16.8 Å². The van der Waals surface area contributed by atoms with Crippen molar-refractivity contribution in [3.05, 3.63) is 54.1 Å². The number of nitrogens with one attached hydrogen (secondary N) is 1. The van der Waals surface area contributed by atoms with E-state index < -0.39 is 25.9 Å². The molecule has 1 unspecified atom stereocenters. The standard InChI is InChI=1S/C16H19NO5S2/c1-12(13-4-8-15(9-5-13)23(3,18)19)17-24(20,21)16-10-6-14(22-2)7-11-16/h4-12,17H,1-3H3. The van der Waals surface area contributed by atoms with E-state index >= 15 is 0 Å². The van der Waals surface area contributed by atoms with E-state index in [4.69, 9.17) is 4.74 Å². The van der Waals surface area contributed by atoms with Crippen molar-refractivity contribution in [1.29, 1.82) is 0 Å². The van der Waals surface area contributed by atoms with Gasteiger partial charge in [0.25, 0.3) is 0 Å². The zero-order valence-electron chi connectivity index (χ0n) is 13.6. The first-order valence-corrected chi connectivity index (χ1v) is 10.5. The first-order chi connectivity index (χ1) is 11.1. The minimum Gasteiger partial charge on any atom is -0.497 e. The van der Waals surface area contributed by atoms with Gasteiger partial charge in [-0.25, -0.2) is 21.6 Å². The lowest BCUT2D eigenvalue weighted by molar-refractivity contribution is 0.414. The van der Waals surface area contributed by atoms with Crippen molar-refractivity contribution in [1.82, 2.24) is 4.72 Å². The number of methoxy groups -OCH3 is 1. The SMILES string of the molecule is COc1ccc(S(=O)(=O)NC(C)c2ccc(S(C)(=O)=O)cc2)cc1. The highest BCUT2D eigenvalue weighted by molar-refractivity contribution is 7.90. The zero-order valence-corrected chi connectivity index (χ0v) is 15.2. The van der Waals surface area contributed by atoms with Crippen molar-refractivity contribution < 1.29 is 21.6 Å². The number of hydrogen-bond acceptors (Lipinski definition) is 5. The van der Waals surface area contributed by atoms with Crippen LogP contribution in [0, 0.1) is 0 Å². The largest absolute Gasteiger partial charge is 0.497 e. The molecule has 0 radical (unpaired) electrons. The van der Waals surface area contributed by atoms with Crippen molar-refractivity contribution in [3.63, 3.8) is 0 Å². The quantitative estimate of drug-likeness (QED) is 0.843. The minimum absolute atomic E-state index is 0.128. The summed E-state index contributed by atoms with van der Waals surface area (Å²) in [6, 6.07) is 11.7. The van der Waals surface area contributed by atoms with Crippen molar-refractivity contribution in [2.45, 2.75) is 22.8 Å². The normalized spacial score (nSPS) is 13.5. The van der Waals surface area contributed by atoms with Gasteiger partial charge in [0.2, 0.25) is 10.0 Å². The monoisotopic (exact) mass is 369 g/mol. The summed E-state index contributed by atoms with van der Waals surface area (Å²) >= 11 is 0. The molecule has 130 valence electrons. The molecule has 0 fully saturated rings. The van der Waals surface area contributed by atoms with Crippen LogP contribution in [0.4, 0.5) is 0 Å². The molecule has 0 aliphatic carbocycles. The number of rotatable bonds is 6. The highest BCUT2D eigenvalue weighted by Crippen LogP contribution is 2.20. The van der Waals surface area contributed by atoms with Gasteiger partial charge in [-0.3, -0.25) is 0 Å². The summed E-state index contributed by atoms with van der Waals surface area (Å²) < 4.78 is 55.3. The smallest absolute Gasteiger partial charge is 0.241 e. The molecule has 2 rings (SSSR count). The average Bonchev–Trinajstić information content (AvgIpc) is 2.54. The molecule has 0 amide bonds. The molecule has 0 bridgehead atoms. The van der Waals surface area contributed by atoms with Crippen LogP contribution in [0.5, 0.6) is 5.75 Å². The highest BCUT2D eigenvalue weighted by Gasteiger charge is 2.19. The summed E-state index contributed by atoms with van der Waals surface area (Å²) in [5.74, 6) is 0.568. The highest BCUT2D eigenvalue weighted by atomic mass is 32.2. The molecule has 0 aromatic heterocycles. The molecule has 0 saturated heterocycles. The van der Waals surface area contributed by atoms with Gasteiger partial charge in [-0.05, 0) is 48.9 Å². The van der Waals surface area contributed by atoms with Crippen LogP contribution < -0.4 is 9.46 Å². The molecular formula is C16H19NO5S2. The summed E-state index contributed by atoms with van der Waals surface area (Å²) in [4.78, 5) is 0.319. The molecule has 8 heteroatoms. The average molecular weight is 369 g/mol. The van der Waals surface area contributed by atoms with Gasteiger partial charge in [0.1, 0.15) is 5.75 Å². The van der Waals surface area contributed by atoms with E-state index in [1.807, 2.05) is 0 Å². The maximum absolute atomic E-state index is 12.4. The second kappa shape index (κ2) is 6.92. The van der Waals surface area contributed by atoms with Crippen molar-refractivity contribution >= 4 is 19.9 Å². The van der Waals surface area contributed by atoms with Gasteiger partial charge in [-0.15, -0.1) is 0 Å². The summed E-state index contributed by atoms with van der Waals surface area (Å²) in [6.45, 7) is 1.69. The predicted molar refractivity (Wildman–Crippen MR) is 91.3 cm³/mol. The third-order valence-corrected chi connectivity index (χ3v) is 6.20. The van der Waals surface area contributed by atoms with Gasteiger partial charge >= 0.3 is 0 Å². The lowest BCUT2D eigenvalue weighted by atomic mass is 10.1. The second-order valence-corrected chi connectivity index (χ2v) is 9.09. The van der Waals surface area contributed by atoms with E-state index in [0.29, 0.717) is 11.3 Å². The molecule has 0 saturated carbocycles. The van der Waals surface area contributed by atoms with Crippen LogP contribution in [0.15, 0.2) is 58.3 Å². The Hall–Kier alpha value is -1.90. The van der Waals surface area contributed by atoms with E-state index in [1.54, 1.807) is 31.2 Å². The van der Waals surface area contributed by atoms with Crippen LogP contribution >= 0.6 is 0 Å². The summed E-state index contributed by atoms with van der Waals surface area (Å²) in [7, 11) is -5.47. The molecular weight excluding hydrogens is 350 g/mol. The van der Waals surface area contributed by atoms with E-state index in [-0.39, 0.29) is 9.79 Å². The van der Waals surface area contributed by atoms with Crippen LogP contribution in [0.1, 0.15) is 18.5 Å².